The van der Waals surface area contributed by atoms with Gasteiger partial charge in [-0.1, -0.05) is 66.7 Å². The molecule has 0 atom stereocenters. The second kappa shape index (κ2) is 5.96. The lowest BCUT2D eigenvalue weighted by atomic mass is 9.94. The smallest absolute Gasteiger partial charge is 0.0465 e. The van der Waals surface area contributed by atoms with Crippen molar-refractivity contribution < 1.29 is 0 Å². The predicted octanol–water partition coefficient (Wildman–Crippen LogP) is 7.91. The average Bonchev–Trinajstić information content (AvgIpc) is 3.06. The summed E-state index contributed by atoms with van der Waals surface area (Å²) in [5, 5.41) is 9.16. The van der Waals surface area contributed by atoms with Crippen LogP contribution in [0.1, 0.15) is 11.3 Å². The second-order valence-corrected chi connectivity index (χ2v) is 8.02. The van der Waals surface area contributed by atoms with E-state index < -0.39 is 0 Å². The van der Waals surface area contributed by atoms with E-state index in [1.807, 2.05) is 0 Å². The fourth-order valence-electron chi connectivity index (χ4n) is 4.69. The molecule has 138 valence electrons. The highest BCUT2D eigenvalue weighted by molar-refractivity contribution is 6.18. The standard InChI is InChI=1S/C28H21N/c1-17-18(2)29-27-14-13-25-24-11-9-22(16-23(24)10-12-26(25)28(17)27)21-8-7-19-5-3-4-6-20(19)15-21/h3-16,29H,1-2H3. The largest absolute Gasteiger partial charge is 0.358 e. The second-order valence-electron chi connectivity index (χ2n) is 8.02. The van der Waals surface area contributed by atoms with E-state index in [2.05, 4.69) is 104 Å². The number of rotatable bonds is 1. The van der Waals surface area contributed by atoms with Gasteiger partial charge in [0.05, 0.1) is 0 Å². The van der Waals surface area contributed by atoms with Crippen LogP contribution in [-0.4, -0.2) is 4.98 Å². The molecule has 6 aromatic rings. The molecule has 0 saturated carbocycles. The Kier molecular flexibility index (Phi) is 3.36. The zero-order chi connectivity index (χ0) is 19.5. The molecule has 0 bridgehead atoms. The van der Waals surface area contributed by atoms with Gasteiger partial charge in [0, 0.05) is 16.6 Å². The topological polar surface area (TPSA) is 15.8 Å². The van der Waals surface area contributed by atoms with Crippen LogP contribution in [0.5, 0.6) is 0 Å². The quantitative estimate of drug-likeness (QED) is 0.283. The van der Waals surface area contributed by atoms with E-state index in [0.29, 0.717) is 0 Å². The van der Waals surface area contributed by atoms with Gasteiger partial charge in [0.1, 0.15) is 0 Å². The van der Waals surface area contributed by atoms with Crippen LogP contribution in [0.4, 0.5) is 0 Å². The number of aromatic nitrogens is 1. The maximum absolute atomic E-state index is 3.51. The molecule has 0 saturated heterocycles. The summed E-state index contributed by atoms with van der Waals surface area (Å²) in [7, 11) is 0. The first-order chi connectivity index (χ1) is 14.2. The van der Waals surface area contributed by atoms with Gasteiger partial charge in [-0.3, -0.25) is 0 Å². The Bertz CT molecular complexity index is 1570. The molecule has 1 heterocycles. The third-order valence-corrected chi connectivity index (χ3v) is 6.36. The van der Waals surface area contributed by atoms with Gasteiger partial charge < -0.3 is 4.98 Å². The van der Waals surface area contributed by atoms with Crippen LogP contribution in [0.25, 0.3) is 54.3 Å². The molecule has 1 nitrogen and oxygen atoms in total. The monoisotopic (exact) mass is 371 g/mol. The van der Waals surface area contributed by atoms with Crippen molar-refractivity contribution in [2.45, 2.75) is 13.8 Å². The number of H-pyrrole nitrogens is 1. The zero-order valence-corrected chi connectivity index (χ0v) is 16.6. The van der Waals surface area contributed by atoms with Gasteiger partial charge in [-0.2, -0.15) is 0 Å². The number of hydrogen-bond donors (Lipinski definition) is 1. The first-order valence-corrected chi connectivity index (χ1v) is 10.1. The third kappa shape index (κ3) is 2.41. The highest BCUT2D eigenvalue weighted by atomic mass is 14.7. The summed E-state index contributed by atoms with van der Waals surface area (Å²) < 4.78 is 0. The summed E-state index contributed by atoms with van der Waals surface area (Å²) in [5.74, 6) is 0. The Balaban J connectivity index is 1.58. The van der Waals surface area contributed by atoms with Crippen LogP contribution in [0.3, 0.4) is 0 Å². The summed E-state index contributed by atoms with van der Waals surface area (Å²) in [4.78, 5) is 3.51. The highest BCUT2D eigenvalue weighted by Gasteiger charge is 2.11. The van der Waals surface area contributed by atoms with Gasteiger partial charge in [-0.15, -0.1) is 0 Å². The predicted molar refractivity (Wildman–Crippen MR) is 126 cm³/mol. The number of aromatic amines is 1. The Morgan fingerprint density at radius 2 is 1.21 bits per heavy atom. The number of aryl methyl sites for hydroxylation is 2. The molecule has 1 heteroatoms. The highest BCUT2D eigenvalue weighted by Crippen LogP contribution is 2.35. The van der Waals surface area contributed by atoms with Gasteiger partial charge in [-0.25, -0.2) is 0 Å². The molecule has 0 unspecified atom stereocenters. The molecule has 5 aromatic carbocycles. The summed E-state index contributed by atoms with van der Waals surface area (Å²) in [6, 6.07) is 31.1. The van der Waals surface area contributed by atoms with E-state index in [1.54, 1.807) is 0 Å². The van der Waals surface area contributed by atoms with Crippen LogP contribution in [-0.2, 0) is 0 Å². The van der Waals surface area contributed by atoms with Crippen molar-refractivity contribution in [2.24, 2.45) is 0 Å². The SMILES string of the molecule is Cc1[nH]c2ccc3c4ccc(-c5ccc6ccccc6c5)cc4ccc3c2c1C. The molecule has 1 aromatic heterocycles. The molecule has 0 aliphatic heterocycles. The van der Waals surface area contributed by atoms with Crippen LogP contribution in [0.15, 0.2) is 84.9 Å². The van der Waals surface area contributed by atoms with Crippen molar-refractivity contribution in [3.8, 4) is 11.1 Å². The Labute approximate surface area is 169 Å². The van der Waals surface area contributed by atoms with Crippen molar-refractivity contribution in [3.63, 3.8) is 0 Å². The van der Waals surface area contributed by atoms with E-state index >= 15 is 0 Å². The van der Waals surface area contributed by atoms with E-state index in [4.69, 9.17) is 0 Å². The van der Waals surface area contributed by atoms with Crippen LogP contribution < -0.4 is 0 Å². The van der Waals surface area contributed by atoms with Crippen molar-refractivity contribution in [2.75, 3.05) is 0 Å². The van der Waals surface area contributed by atoms with Gasteiger partial charge >= 0.3 is 0 Å². The van der Waals surface area contributed by atoms with Gasteiger partial charge in [-0.05, 0) is 81.1 Å². The first-order valence-electron chi connectivity index (χ1n) is 10.1. The molecule has 6 rings (SSSR count). The summed E-state index contributed by atoms with van der Waals surface area (Å²) in [5.41, 5.74) is 6.34. The minimum atomic E-state index is 1.22. The van der Waals surface area contributed by atoms with Crippen molar-refractivity contribution in [1.29, 1.82) is 0 Å². The number of fused-ring (bicyclic) bond motifs is 6. The molecule has 0 aliphatic carbocycles. The Hall–Kier alpha value is -3.58. The molecule has 29 heavy (non-hydrogen) atoms. The maximum atomic E-state index is 3.51. The molecule has 0 fully saturated rings. The number of hydrogen-bond acceptors (Lipinski definition) is 0. The van der Waals surface area contributed by atoms with Crippen LogP contribution in [0.2, 0.25) is 0 Å². The van der Waals surface area contributed by atoms with Crippen molar-refractivity contribution >= 4 is 43.2 Å². The van der Waals surface area contributed by atoms with Crippen LogP contribution in [0, 0.1) is 13.8 Å². The Morgan fingerprint density at radius 1 is 0.552 bits per heavy atom. The normalized spacial score (nSPS) is 11.8. The van der Waals surface area contributed by atoms with Crippen LogP contribution >= 0.6 is 0 Å². The van der Waals surface area contributed by atoms with E-state index in [9.17, 15) is 0 Å². The Morgan fingerprint density at radius 3 is 2.07 bits per heavy atom. The summed E-state index contributed by atoms with van der Waals surface area (Å²) in [6.07, 6.45) is 0. The van der Waals surface area contributed by atoms with Crippen molar-refractivity contribution in [3.05, 3.63) is 96.2 Å². The first kappa shape index (κ1) is 16.4. The molecule has 1 N–H and O–H groups in total. The van der Waals surface area contributed by atoms with Gasteiger partial charge in [0.2, 0.25) is 0 Å². The lowest BCUT2D eigenvalue weighted by molar-refractivity contribution is 1.25. The molecule has 0 amide bonds. The molecular weight excluding hydrogens is 350 g/mol. The molecule has 0 radical (unpaired) electrons. The minimum Gasteiger partial charge on any atom is -0.358 e. The number of nitrogens with one attached hydrogen (secondary N) is 1. The van der Waals surface area contributed by atoms with E-state index in [0.717, 1.165) is 0 Å². The molecule has 0 spiro atoms. The lowest BCUT2D eigenvalue weighted by Crippen LogP contribution is -1.83. The molecular formula is C28H21N. The van der Waals surface area contributed by atoms with Gasteiger partial charge in [0.25, 0.3) is 0 Å². The maximum Gasteiger partial charge on any atom is 0.0465 e. The fraction of sp³-hybridized carbons (Fsp3) is 0.0714. The summed E-state index contributed by atoms with van der Waals surface area (Å²) in [6.45, 7) is 4.36. The fourth-order valence-corrected chi connectivity index (χ4v) is 4.69. The lowest BCUT2D eigenvalue weighted by Gasteiger charge is -2.09. The van der Waals surface area contributed by atoms with Crippen molar-refractivity contribution in [1.82, 2.24) is 4.98 Å². The zero-order valence-electron chi connectivity index (χ0n) is 16.6. The van der Waals surface area contributed by atoms with E-state index in [-0.39, 0.29) is 0 Å². The van der Waals surface area contributed by atoms with Gasteiger partial charge in [0.15, 0.2) is 0 Å². The third-order valence-electron chi connectivity index (χ3n) is 6.36. The minimum absolute atomic E-state index is 1.22. The summed E-state index contributed by atoms with van der Waals surface area (Å²) >= 11 is 0. The van der Waals surface area contributed by atoms with E-state index in [1.165, 1.54) is 65.6 Å². The molecule has 0 aliphatic rings. The average molecular weight is 371 g/mol. The number of benzene rings is 5.